The number of ether oxygens (including phenoxy) is 1. The van der Waals surface area contributed by atoms with Crippen molar-refractivity contribution in [3.8, 4) is 11.5 Å². The van der Waals surface area contributed by atoms with Gasteiger partial charge in [0.2, 0.25) is 0 Å². The minimum absolute atomic E-state index is 0.0630. The molecule has 1 aromatic carbocycles. The average molecular weight is 280 g/mol. The Balaban J connectivity index is 2.61. The first-order valence-corrected chi connectivity index (χ1v) is 6.44. The van der Waals surface area contributed by atoms with Crippen LogP contribution in [0.3, 0.4) is 0 Å². The maximum absolute atomic E-state index is 13.9. The number of aromatic hydroxyl groups is 1. The molecule has 0 atom stereocenters. The lowest BCUT2D eigenvalue weighted by atomic mass is 10.2. The second-order valence-electron chi connectivity index (χ2n) is 4.35. The molecule has 0 bridgehead atoms. The standard InChI is InChI=1S/C14H13FO3S/c1-7(2)4-9(16)12-5-8-11(19-12)6-10(18-3)14(17)13(8)15/h4-6,17H,1-3H3. The number of methoxy groups -OCH3 is 1. The van der Waals surface area contributed by atoms with Crippen molar-refractivity contribution < 1.29 is 19.0 Å². The molecule has 1 aromatic heterocycles. The largest absolute Gasteiger partial charge is 0.502 e. The number of allylic oxidation sites excluding steroid dienone is 2. The molecular formula is C14H13FO3S. The van der Waals surface area contributed by atoms with E-state index < -0.39 is 11.6 Å². The quantitative estimate of drug-likeness (QED) is 0.685. The summed E-state index contributed by atoms with van der Waals surface area (Å²) in [6, 6.07) is 2.98. The minimum Gasteiger partial charge on any atom is -0.502 e. The number of phenols is 1. The molecule has 0 aliphatic rings. The molecular weight excluding hydrogens is 267 g/mol. The molecule has 0 fully saturated rings. The molecule has 0 amide bonds. The van der Waals surface area contributed by atoms with Crippen LogP contribution in [-0.2, 0) is 0 Å². The van der Waals surface area contributed by atoms with E-state index in [-0.39, 0.29) is 16.9 Å². The lowest BCUT2D eigenvalue weighted by Gasteiger charge is -2.04. The molecule has 0 radical (unpaired) electrons. The number of hydrogen-bond acceptors (Lipinski definition) is 4. The number of carbonyl (C=O) groups excluding carboxylic acids is 1. The predicted molar refractivity (Wildman–Crippen MR) is 73.8 cm³/mol. The van der Waals surface area contributed by atoms with Gasteiger partial charge in [0.1, 0.15) is 0 Å². The molecule has 100 valence electrons. The van der Waals surface area contributed by atoms with Crippen LogP contribution in [0, 0.1) is 5.82 Å². The zero-order chi connectivity index (χ0) is 14.2. The molecule has 0 unspecified atom stereocenters. The minimum atomic E-state index is -0.762. The van der Waals surface area contributed by atoms with E-state index in [1.165, 1.54) is 36.7 Å². The molecule has 0 aliphatic carbocycles. The number of rotatable bonds is 3. The van der Waals surface area contributed by atoms with Crippen molar-refractivity contribution in [2.75, 3.05) is 7.11 Å². The maximum Gasteiger partial charge on any atom is 0.195 e. The number of carbonyl (C=O) groups is 1. The summed E-state index contributed by atoms with van der Waals surface area (Å²) < 4.78 is 19.4. The Kier molecular flexibility index (Phi) is 3.57. The summed E-state index contributed by atoms with van der Waals surface area (Å²) in [5, 5.41) is 9.83. The van der Waals surface area contributed by atoms with E-state index in [9.17, 15) is 14.3 Å². The molecule has 1 heterocycles. The van der Waals surface area contributed by atoms with E-state index in [4.69, 9.17) is 4.74 Å². The molecule has 0 spiro atoms. The van der Waals surface area contributed by atoms with Gasteiger partial charge in [-0.2, -0.15) is 0 Å². The molecule has 0 aliphatic heterocycles. The van der Waals surface area contributed by atoms with Crippen LogP contribution in [0.25, 0.3) is 10.1 Å². The SMILES string of the molecule is COc1cc2sc(C(=O)C=C(C)C)cc2c(F)c1O. The average Bonchev–Trinajstić information content (AvgIpc) is 2.77. The summed E-state index contributed by atoms with van der Waals surface area (Å²) in [5.41, 5.74) is 0.878. The summed E-state index contributed by atoms with van der Waals surface area (Å²) in [6.45, 7) is 3.64. The normalized spacial score (nSPS) is 10.5. The Morgan fingerprint density at radius 2 is 2.11 bits per heavy atom. The third kappa shape index (κ3) is 2.46. The lowest BCUT2D eigenvalue weighted by Crippen LogP contribution is -1.90. The topological polar surface area (TPSA) is 46.5 Å². The van der Waals surface area contributed by atoms with Crippen molar-refractivity contribution in [1.29, 1.82) is 0 Å². The van der Waals surface area contributed by atoms with Crippen LogP contribution in [0.15, 0.2) is 23.8 Å². The van der Waals surface area contributed by atoms with Gasteiger partial charge in [0, 0.05) is 16.2 Å². The Labute approximate surface area is 113 Å². The zero-order valence-corrected chi connectivity index (χ0v) is 11.6. The van der Waals surface area contributed by atoms with Crippen molar-refractivity contribution >= 4 is 27.2 Å². The number of thiophene rings is 1. The smallest absolute Gasteiger partial charge is 0.195 e. The summed E-state index contributed by atoms with van der Waals surface area (Å²) >= 11 is 1.17. The third-order valence-corrected chi connectivity index (χ3v) is 3.68. The van der Waals surface area contributed by atoms with Gasteiger partial charge in [0.25, 0.3) is 0 Å². The van der Waals surface area contributed by atoms with Crippen LogP contribution in [0.2, 0.25) is 0 Å². The van der Waals surface area contributed by atoms with Crippen molar-refractivity contribution in [2.24, 2.45) is 0 Å². The van der Waals surface area contributed by atoms with Gasteiger partial charge in [-0.15, -0.1) is 11.3 Å². The van der Waals surface area contributed by atoms with Crippen molar-refractivity contribution in [3.05, 3.63) is 34.5 Å². The van der Waals surface area contributed by atoms with Crippen LogP contribution in [-0.4, -0.2) is 18.0 Å². The molecule has 2 aromatic rings. The summed E-state index contributed by atoms with van der Waals surface area (Å²) in [7, 11) is 1.35. The number of benzene rings is 1. The first kappa shape index (κ1) is 13.5. The van der Waals surface area contributed by atoms with E-state index >= 15 is 0 Å². The van der Waals surface area contributed by atoms with Gasteiger partial charge in [0.05, 0.1) is 12.0 Å². The third-order valence-electron chi connectivity index (χ3n) is 2.58. The van der Waals surface area contributed by atoms with Gasteiger partial charge < -0.3 is 9.84 Å². The van der Waals surface area contributed by atoms with Crippen molar-refractivity contribution in [3.63, 3.8) is 0 Å². The molecule has 2 rings (SSSR count). The van der Waals surface area contributed by atoms with Gasteiger partial charge in [-0.25, -0.2) is 4.39 Å². The molecule has 0 saturated carbocycles. The van der Waals surface area contributed by atoms with E-state index in [1.807, 2.05) is 13.8 Å². The highest BCUT2D eigenvalue weighted by atomic mass is 32.1. The lowest BCUT2D eigenvalue weighted by molar-refractivity contribution is 0.105. The predicted octanol–water partition coefficient (Wildman–Crippen LogP) is 3.90. The fourth-order valence-corrected chi connectivity index (χ4v) is 2.72. The Hall–Kier alpha value is -1.88. The van der Waals surface area contributed by atoms with E-state index in [1.54, 1.807) is 0 Å². The van der Waals surface area contributed by atoms with E-state index in [2.05, 4.69) is 0 Å². The zero-order valence-electron chi connectivity index (χ0n) is 10.8. The maximum atomic E-state index is 13.9. The van der Waals surface area contributed by atoms with E-state index in [0.29, 0.717) is 9.58 Å². The number of ketones is 1. The van der Waals surface area contributed by atoms with Gasteiger partial charge in [-0.1, -0.05) is 5.57 Å². The van der Waals surface area contributed by atoms with Crippen molar-refractivity contribution in [1.82, 2.24) is 0 Å². The fraction of sp³-hybridized carbons (Fsp3) is 0.214. The Morgan fingerprint density at radius 1 is 1.42 bits per heavy atom. The highest BCUT2D eigenvalue weighted by molar-refractivity contribution is 7.21. The molecule has 0 saturated heterocycles. The number of halogens is 1. The van der Waals surface area contributed by atoms with Crippen LogP contribution < -0.4 is 4.74 Å². The second-order valence-corrected chi connectivity index (χ2v) is 5.43. The molecule has 5 heteroatoms. The fourth-order valence-electron chi connectivity index (χ4n) is 1.72. The molecule has 3 nitrogen and oxygen atoms in total. The summed E-state index contributed by atoms with van der Waals surface area (Å²) in [4.78, 5) is 12.3. The Bertz CT molecular complexity index is 682. The van der Waals surface area contributed by atoms with Crippen LogP contribution in [0.1, 0.15) is 23.5 Å². The number of phenolic OH excluding ortho intramolecular Hbond substituents is 1. The van der Waals surface area contributed by atoms with Gasteiger partial charge in [-0.3, -0.25) is 4.79 Å². The van der Waals surface area contributed by atoms with Gasteiger partial charge in [-0.05, 0) is 26.0 Å². The van der Waals surface area contributed by atoms with Crippen LogP contribution >= 0.6 is 11.3 Å². The van der Waals surface area contributed by atoms with Crippen LogP contribution in [0.5, 0.6) is 11.5 Å². The first-order chi connectivity index (χ1) is 8.93. The Morgan fingerprint density at radius 3 is 2.68 bits per heavy atom. The number of hydrogen-bond donors (Lipinski definition) is 1. The highest BCUT2D eigenvalue weighted by Gasteiger charge is 2.17. The molecule has 19 heavy (non-hydrogen) atoms. The summed E-state index contributed by atoms with van der Waals surface area (Å²) in [6.07, 6.45) is 1.50. The summed E-state index contributed by atoms with van der Waals surface area (Å²) in [5.74, 6) is -1.40. The van der Waals surface area contributed by atoms with Crippen LogP contribution in [0.4, 0.5) is 4.39 Å². The monoisotopic (exact) mass is 280 g/mol. The first-order valence-electron chi connectivity index (χ1n) is 5.62. The van der Waals surface area contributed by atoms with Crippen molar-refractivity contribution in [2.45, 2.75) is 13.8 Å². The van der Waals surface area contributed by atoms with Gasteiger partial charge in [0.15, 0.2) is 23.1 Å². The molecule has 1 N–H and O–H groups in total. The number of fused-ring (bicyclic) bond motifs is 1. The van der Waals surface area contributed by atoms with Gasteiger partial charge >= 0.3 is 0 Å². The van der Waals surface area contributed by atoms with E-state index in [0.717, 1.165) is 5.57 Å². The second kappa shape index (κ2) is 5.01. The highest BCUT2D eigenvalue weighted by Crippen LogP contribution is 2.39.